The number of carbonyl (C=O) groups is 2. The summed E-state index contributed by atoms with van der Waals surface area (Å²) in [5.74, 6) is -1.21. The van der Waals surface area contributed by atoms with Crippen LogP contribution >= 0.6 is 0 Å². The summed E-state index contributed by atoms with van der Waals surface area (Å²) in [6, 6.07) is 11.0. The van der Waals surface area contributed by atoms with Gasteiger partial charge in [0.25, 0.3) is 5.91 Å². The minimum atomic E-state index is -3.98. The van der Waals surface area contributed by atoms with E-state index in [0.717, 1.165) is 12.8 Å². The third-order valence-corrected chi connectivity index (χ3v) is 7.98. The Kier molecular flexibility index (Phi) is 8.67. The third-order valence-electron chi connectivity index (χ3n) is 6.43. The van der Waals surface area contributed by atoms with Gasteiger partial charge in [-0.05, 0) is 74.2 Å². The fourth-order valence-electron chi connectivity index (χ4n) is 4.32. The molecule has 0 unspecified atom stereocenters. The number of hydroxylamine groups is 1. The number of carbonyl (C=O) groups excluding carboxylic acids is 1. The van der Waals surface area contributed by atoms with E-state index in [0.29, 0.717) is 50.0 Å². The van der Waals surface area contributed by atoms with Crippen molar-refractivity contribution in [3.05, 3.63) is 54.3 Å². The number of benzene rings is 2. The van der Waals surface area contributed by atoms with Crippen LogP contribution in [-0.4, -0.2) is 41.7 Å². The Balaban J connectivity index is 0.000000338. The highest BCUT2D eigenvalue weighted by Crippen LogP contribution is 2.32. The largest absolute Gasteiger partial charge is 0.480 e. The van der Waals surface area contributed by atoms with Gasteiger partial charge >= 0.3 is 5.97 Å². The molecule has 1 amide bonds. The summed E-state index contributed by atoms with van der Waals surface area (Å²) in [5, 5.41) is 17.5. The molecule has 2 aliphatic rings. The zero-order chi connectivity index (χ0) is 26.4. The molecule has 0 spiro atoms. The number of carboxylic acids is 1. The second kappa shape index (κ2) is 11.3. The number of carboxylic acid groups (broad SMARTS) is 1. The average Bonchev–Trinajstić information content (AvgIpc) is 3.51. The number of aliphatic carboxylic acids is 1. The minimum absolute atomic E-state index is 0.0361. The Bertz CT molecular complexity index is 1160. The van der Waals surface area contributed by atoms with Crippen molar-refractivity contribution in [1.29, 1.82) is 0 Å². The first-order valence-electron chi connectivity index (χ1n) is 11.5. The van der Waals surface area contributed by atoms with Crippen LogP contribution in [0.4, 0.5) is 4.39 Å². The lowest BCUT2D eigenvalue weighted by atomic mass is 9.99. The van der Waals surface area contributed by atoms with Gasteiger partial charge in [0.1, 0.15) is 28.4 Å². The molecule has 36 heavy (non-hydrogen) atoms. The van der Waals surface area contributed by atoms with Gasteiger partial charge in [-0.1, -0.05) is 25.7 Å². The van der Waals surface area contributed by atoms with Crippen LogP contribution in [0.25, 0.3) is 0 Å². The molecule has 2 fully saturated rings. The molecule has 4 rings (SSSR count). The van der Waals surface area contributed by atoms with Gasteiger partial charge in [-0.3, -0.25) is 14.8 Å². The maximum absolute atomic E-state index is 12.9. The summed E-state index contributed by atoms with van der Waals surface area (Å²) in [5.41, 5.74) is 4.81. The van der Waals surface area contributed by atoms with Crippen LogP contribution in [0.2, 0.25) is 0 Å². The van der Waals surface area contributed by atoms with Crippen molar-refractivity contribution in [3.63, 3.8) is 0 Å². The number of ether oxygens (including phenoxy) is 1. The zero-order valence-electron chi connectivity index (χ0n) is 19.6. The van der Waals surface area contributed by atoms with Crippen molar-refractivity contribution in [1.82, 2.24) is 10.2 Å². The monoisotopic (exact) mass is 523 g/mol. The maximum atomic E-state index is 12.9. The van der Waals surface area contributed by atoms with Crippen molar-refractivity contribution >= 4 is 21.9 Å². The molecule has 0 heterocycles. The molecule has 2 aliphatic carbocycles. The predicted octanol–water partition coefficient (Wildman–Crippen LogP) is 3.06. The quantitative estimate of drug-likeness (QED) is 0.272. The van der Waals surface area contributed by atoms with Gasteiger partial charge in [0.05, 0.1) is 4.90 Å². The van der Waals surface area contributed by atoms with E-state index >= 15 is 0 Å². The zero-order valence-corrected chi connectivity index (χ0v) is 20.4. The smallest absolute Gasteiger partial charge is 0.323 e. The number of nitrogens with two attached hydrogens (primary N) is 1. The first kappa shape index (κ1) is 27.5. The van der Waals surface area contributed by atoms with Gasteiger partial charge in [0, 0.05) is 0 Å². The van der Waals surface area contributed by atoms with Gasteiger partial charge < -0.3 is 15.6 Å². The highest BCUT2D eigenvalue weighted by atomic mass is 32.2. The highest BCUT2D eigenvalue weighted by Gasteiger charge is 2.44. The number of rotatable bonds is 7. The summed E-state index contributed by atoms with van der Waals surface area (Å²) in [4.78, 5) is 22.4. The number of halogens is 1. The predicted molar refractivity (Wildman–Crippen MR) is 127 cm³/mol. The van der Waals surface area contributed by atoms with E-state index in [1.54, 1.807) is 5.48 Å². The maximum Gasteiger partial charge on any atom is 0.323 e. The molecular weight excluding hydrogens is 493 g/mol. The normalized spacial score (nSPS) is 18.1. The standard InChI is InChI=1S/C18H19FN2O5S.C6H11NO2/c19-13-3-5-14(6-4-13)26-15-7-9-16(10-8-15)27(24,25)21-18(17(22)20-23)11-1-2-12-18;7-6(5(8)9)3-1-2-4-6/h3-10,21,23H,1-2,11-12H2,(H,20,22);1-4,7H2,(H,8,9). The van der Waals surface area contributed by atoms with Crippen LogP contribution in [0.15, 0.2) is 53.4 Å². The molecule has 0 aliphatic heterocycles. The lowest BCUT2D eigenvalue weighted by molar-refractivity contribution is -0.143. The number of hydrogen-bond acceptors (Lipinski definition) is 7. The molecule has 2 aromatic carbocycles. The molecule has 0 aromatic heterocycles. The van der Waals surface area contributed by atoms with Crippen molar-refractivity contribution in [3.8, 4) is 11.5 Å². The van der Waals surface area contributed by atoms with Crippen LogP contribution in [0, 0.1) is 5.82 Å². The van der Waals surface area contributed by atoms with Crippen LogP contribution in [-0.2, 0) is 19.6 Å². The molecular formula is C24H30FN3O7S. The van der Waals surface area contributed by atoms with Crippen LogP contribution < -0.4 is 20.7 Å². The Morgan fingerprint density at radius 2 is 1.36 bits per heavy atom. The molecule has 196 valence electrons. The van der Waals surface area contributed by atoms with Gasteiger partial charge in [0.15, 0.2) is 0 Å². The Morgan fingerprint density at radius 3 is 1.81 bits per heavy atom. The highest BCUT2D eigenvalue weighted by molar-refractivity contribution is 7.89. The van der Waals surface area contributed by atoms with E-state index in [9.17, 15) is 22.4 Å². The molecule has 0 radical (unpaired) electrons. The first-order chi connectivity index (χ1) is 17.0. The second-order valence-electron chi connectivity index (χ2n) is 9.03. The van der Waals surface area contributed by atoms with E-state index in [4.69, 9.17) is 20.8 Å². The summed E-state index contributed by atoms with van der Waals surface area (Å²) in [6.07, 6.45) is 5.19. The summed E-state index contributed by atoms with van der Waals surface area (Å²) < 4.78 is 46.2. The van der Waals surface area contributed by atoms with E-state index < -0.39 is 33.0 Å². The third kappa shape index (κ3) is 6.58. The molecule has 10 nitrogen and oxygen atoms in total. The van der Waals surface area contributed by atoms with Crippen molar-refractivity contribution in [2.75, 3.05) is 0 Å². The SMILES string of the molecule is NC1(C(=O)O)CCCC1.O=C(NO)C1(NS(=O)(=O)c2ccc(Oc3ccc(F)cc3)cc2)CCCC1. The molecule has 12 heteroatoms. The fourth-order valence-corrected chi connectivity index (χ4v) is 5.75. The lowest BCUT2D eigenvalue weighted by Crippen LogP contribution is -2.56. The van der Waals surface area contributed by atoms with Crippen molar-refractivity contribution < 1.29 is 37.4 Å². The van der Waals surface area contributed by atoms with E-state index in [2.05, 4.69) is 4.72 Å². The Labute approximate surface area is 208 Å². The Hall–Kier alpha value is -3.06. The number of amides is 1. The molecule has 0 bridgehead atoms. The number of nitrogens with one attached hydrogen (secondary N) is 2. The second-order valence-corrected chi connectivity index (χ2v) is 10.7. The van der Waals surface area contributed by atoms with E-state index in [1.807, 2.05) is 0 Å². The average molecular weight is 524 g/mol. The van der Waals surface area contributed by atoms with Crippen LogP contribution in [0.5, 0.6) is 11.5 Å². The number of sulfonamides is 1. The fraction of sp³-hybridized carbons (Fsp3) is 0.417. The molecule has 6 N–H and O–H groups in total. The Morgan fingerprint density at radius 1 is 0.889 bits per heavy atom. The number of hydrogen-bond donors (Lipinski definition) is 5. The molecule has 0 saturated heterocycles. The summed E-state index contributed by atoms with van der Waals surface area (Å²) in [6.45, 7) is 0. The van der Waals surface area contributed by atoms with E-state index in [1.165, 1.54) is 48.5 Å². The summed E-state index contributed by atoms with van der Waals surface area (Å²) >= 11 is 0. The topological polar surface area (TPSA) is 168 Å². The molecule has 2 aromatic rings. The van der Waals surface area contributed by atoms with Gasteiger partial charge in [-0.15, -0.1) is 0 Å². The first-order valence-corrected chi connectivity index (χ1v) is 13.0. The summed E-state index contributed by atoms with van der Waals surface area (Å²) in [7, 11) is -3.98. The van der Waals surface area contributed by atoms with Crippen molar-refractivity contribution in [2.24, 2.45) is 5.73 Å². The van der Waals surface area contributed by atoms with E-state index in [-0.39, 0.29) is 10.7 Å². The van der Waals surface area contributed by atoms with Crippen LogP contribution in [0.1, 0.15) is 51.4 Å². The van der Waals surface area contributed by atoms with Gasteiger partial charge in [-0.25, -0.2) is 18.3 Å². The lowest BCUT2D eigenvalue weighted by Gasteiger charge is -2.27. The van der Waals surface area contributed by atoms with Gasteiger partial charge in [0.2, 0.25) is 10.0 Å². The molecule has 2 saturated carbocycles. The van der Waals surface area contributed by atoms with Crippen molar-refractivity contribution in [2.45, 2.75) is 67.3 Å². The minimum Gasteiger partial charge on any atom is -0.480 e. The molecule has 0 atom stereocenters. The van der Waals surface area contributed by atoms with Gasteiger partial charge in [-0.2, -0.15) is 4.72 Å². The van der Waals surface area contributed by atoms with Crippen LogP contribution in [0.3, 0.4) is 0 Å².